The average Bonchev–Trinajstić information content (AvgIpc) is 3.35. The van der Waals surface area contributed by atoms with Gasteiger partial charge in [0.2, 0.25) is 0 Å². The summed E-state index contributed by atoms with van der Waals surface area (Å²) in [5.41, 5.74) is 1.11. The number of thiophene rings is 1. The minimum Gasteiger partial charge on any atom is -0.475 e. The molecule has 2 saturated heterocycles. The first kappa shape index (κ1) is 25.0. The van der Waals surface area contributed by atoms with Crippen molar-refractivity contribution in [1.82, 2.24) is 9.80 Å². The lowest BCUT2D eigenvalue weighted by Gasteiger charge is -2.44. The van der Waals surface area contributed by atoms with Crippen LogP contribution in [0, 0.1) is 17.3 Å². The summed E-state index contributed by atoms with van der Waals surface area (Å²) in [6.07, 6.45) is 1.62. The van der Waals surface area contributed by atoms with E-state index >= 15 is 0 Å². The summed E-state index contributed by atoms with van der Waals surface area (Å²) in [7, 11) is 1.79. The number of alkyl halides is 3. The number of carboxylic acid groups (broad SMARTS) is 1. The fraction of sp³-hybridized carbons (Fsp3) is 0.727. The van der Waals surface area contributed by atoms with E-state index in [0.717, 1.165) is 31.2 Å². The molecule has 1 aromatic rings. The van der Waals surface area contributed by atoms with E-state index in [1.807, 2.05) is 16.8 Å². The van der Waals surface area contributed by atoms with E-state index in [-0.39, 0.29) is 11.3 Å². The lowest BCUT2D eigenvalue weighted by Crippen LogP contribution is -2.47. The van der Waals surface area contributed by atoms with Crippen molar-refractivity contribution in [1.29, 1.82) is 0 Å². The normalized spacial score (nSPS) is 23.5. The van der Waals surface area contributed by atoms with Crippen LogP contribution in [0.15, 0.2) is 16.8 Å². The molecule has 1 spiro atoms. The number of halogens is 3. The molecule has 180 valence electrons. The Morgan fingerprint density at radius 1 is 1.28 bits per heavy atom. The third kappa shape index (κ3) is 6.02. The summed E-state index contributed by atoms with van der Waals surface area (Å²) in [6, 6.07) is 1.95. The first-order valence-corrected chi connectivity index (χ1v) is 11.9. The van der Waals surface area contributed by atoms with Crippen molar-refractivity contribution in [2.45, 2.75) is 38.3 Å². The minimum absolute atomic E-state index is 0.205. The van der Waals surface area contributed by atoms with Gasteiger partial charge in [-0.25, -0.2) is 4.79 Å². The van der Waals surface area contributed by atoms with Crippen LogP contribution in [0.2, 0.25) is 0 Å². The van der Waals surface area contributed by atoms with Gasteiger partial charge in [0, 0.05) is 38.0 Å². The van der Waals surface area contributed by atoms with Gasteiger partial charge in [-0.2, -0.15) is 24.5 Å². The number of ether oxygens (including phenoxy) is 1. The van der Waals surface area contributed by atoms with E-state index in [9.17, 15) is 18.0 Å². The van der Waals surface area contributed by atoms with Gasteiger partial charge in [-0.3, -0.25) is 4.79 Å². The first-order valence-electron chi connectivity index (χ1n) is 11.0. The maximum Gasteiger partial charge on any atom is 0.490 e. The molecule has 3 fully saturated rings. The van der Waals surface area contributed by atoms with Gasteiger partial charge in [-0.1, -0.05) is 6.42 Å². The van der Waals surface area contributed by atoms with Crippen LogP contribution in [0.3, 0.4) is 0 Å². The standard InChI is InChI=1S/C20H30N2O2S.C2HF3O2/c1-24-13-18-12-22(19(23)17-5-10-25-14-17)15-20(18)6-8-21(9-7-20)11-16-3-2-4-16;3-2(4,5)1(6)7/h5,10,14,16,18H,2-4,6-9,11-13,15H2,1H3;(H,6,7). The molecule has 0 aromatic carbocycles. The molecule has 10 heteroatoms. The summed E-state index contributed by atoms with van der Waals surface area (Å²) < 4.78 is 37.3. The number of carbonyl (C=O) groups excluding carboxylic acids is 1. The Labute approximate surface area is 190 Å². The van der Waals surface area contributed by atoms with Crippen molar-refractivity contribution in [3.63, 3.8) is 0 Å². The first-order chi connectivity index (χ1) is 15.1. The highest BCUT2D eigenvalue weighted by Crippen LogP contribution is 2.45. The van der Waals surface area contributed by atoms with Gasteiger partial charge in [-0.05, 0) is 61.6 Å². The number of nitrogens with zero attached hydrogens (tertiary/aromatic N) is 2. The molecule has 0 bridgehead atoms. The second-order valence-corrected chi connectivity index (χ2v) is 9.89. The molecule has 1 aromatic heterocycles. The van der Waals surface area contributed by atoms with E-state index < -0.39 is 12.1 Å². The van der Waals surface area contributed by atoms with E-state index in [2.05, 4.69) is 9.80 Å². The van der Waals surface area contributed by atoms with Crippen molar-refractivity contribution < 1.29 is 32.6 Å². The van der Waals surface area contributed by atoms with Crippen molar-refractivity contribution >= 4 is 23.2 Å². The molecule has 1 unspecified atom stereocenters. The summed E-state index contributed by atoms with van der Waals surface area (Å²) >= 11 is 1.60. The highest BCUT2D eigenvalue weighted by atomic mass is 32.1. The number of piperidine rings is 1. The van der Waals surface area contributed by atoms with Crippen LogP contribution in [0.1, 0.15) is 42.5 Å². The molecule has 2 aliphatic heterocycles. The van der Waals surface area contributed by atoms with Gasteiger partial charge in [-0.15, -0.1) is 0 Å². The number of likely N-dealkylation sites (tertiary alicyclic amines) is 2. The Kier molecular flexibility index (Phi) is 8.21. The van der Waals surface area contributed by atoms with Crippen LogP contribution < -0.4 is 0 Å². The molecule has 0 radical (unpaired) electrons. The van der Waals surface area contributed by atoms with Gasteiger partial charge >= 0.3 is 12.1 Å². The smallest absolute Gasteiger partial charge is 0.475 e. The molecule has 1 amide bonds. The predicted octanol–water partition coefficient (Wildman–Crippen LogP) is 3.98. The Morgan fingerprint density at radius 3 is 2.41 bits per heavy atom. The van der Waals surface area contributed by atoms with E-state index in [1.54, 1.807) is 18.4 Å². The number of aliphatic carboxylic acids is 1. The number of hydrogen-bond acceptors (Lipinski definition) is 5. The number of rotatable bonds is 5. The molecule has 1 atom stereocenters. The monoisotopic (exact) mass is 476 g/mol. The average molecular weight is 477 g/mol. The van der Waals surface area contributed by atoms with Crippen molar-refractivity contribution in [2.75, 3.05) is 46.4 Å². The van der Waals surface area contributed by atoms with Gasteiger partial charge in [0.15, 0.2) is 0 Å². The molecule has 6 nitrogen and oxygen atoms in total. The Hall–Kier alpha value is -1.65. The molecule has 32 heavy (non-hydrogen) atoms. The number of amides is 1. The number of carboxylic acids is 1. The van der Waals surface area contributed by atoms with Gasteiger partial charge in [0.05, 0.1) is 12.2 Å². The third-order valence-corrected chi connectivity index (χ3v) is 7.75. The number of carbonyl (C=O) groups is 2. The Bertz CT molecular complexity index is 760. The van der Waals surface area contributed by atoms with Gasteiger partial charge in [0.25, 0.3) is 5.91 Å². The summed E-state index contributed by atoms with van der Waals surface area (Å²) in [6.45, 7) is 6.21. The predicted molar refractivity (Wildman–Crippen MR) is 115 cm³/mol. The number of methoxy groups -OCH3 is 1. The van der Waals surface area contributed by atoms with Crippen molar-refractivity contribution in [3.05, 3.63) is 22.4 Å². The van der Waals surface area contributed by atoms with Crippen LogP contribution in [0.5, 0.6) is 0 Å². The molecule has 1 aliphatic carbocycles. The second kappa shape index (κ2) is 10.5. The van der Waals surface area contributed by atoms with E-state index in [1.165, 1.54) is 51.7 Å². The fourth-order valence-electron chi connectivity index (χ4n) is 4.98. The quantitative estimate of drug-likeness (QED) is 0.696. The van der Waals surface area contributed by atoms with Crippen LogP contribution in [-0.4, -0.2) is 79.4 Å². The highest BCUT2D eigenvalue weighted by molar-refractivity contribution is 7.08. The highest BCUT2D eigenvalue weighted by Gasteiger charge is 2.49. The molecular formula is C22H31F3N2O4S. The Balaban J connectivity index is 0.000000360. The lowest BCUT2D eigenvalue weighted by atomic mass is 9.71. The molecule has 1 N–H and O–H groups in total. The summed E-state index contributed by atoms with van der Waals surface area (Å²) in [4.78, 5) is 26.5. The molecule has 4 rings (SSSR count). The molecule has 1 saturated carbocycles. The van der Waals surface area contributed by atoms with Crippen LogP contribution >= 0.6 is 11.3 Å². The van der Waals surface area contributed by atoms with Gasteiger partial charge < -0.3 is 19.6 Å². The van der Waals surface area contributed by atoms with Crippen LogP contribution in [0.25, 0.3) is 0 Å². The summed E-state index contributed by atoms with van der Waals surface area (Å²) in [5, 5.41) is 11.1. The van der Waals surface area contributed by atoms with Crippen LogP contribution in [0.4, 0.5) is 13.2 Å². The minimum atomic E-state index is -5.08. The lowest BCUT2D eigenvalue weighted by molar-refractivity contribution is -0.192. The fourth-order valence-corrected chi connectivity index (χ4v) is 5.61. The van der Waals surface area contributed by atoms with Gasteiger partial charge in [0.1, 0.15) is 0 Å². The molecular weight excluding hydrogens is 445 g/mol. The largest absolute Gasteiger partial charge is 0.490 e. The van der Waals surface area contributed by atoms with Crippen LogP contribution in [-0.2, 0) is 9.53 Å². The second-order valence-electron chi connectivity index (χ2n) is 9.11. The molecule has 3 heterocycles. The zero-order valence-corrected chi connectivity index (χ0v) is 19.1. The van der Waals surface area contributed by atoms with Crippen molar-refractivity contribution in [2.24, 2.45) is 17.3 Å². The topological polar surface area (TPSA) is 70.1 Å². The third-order valence-electron chi connectivity index (χ3n) is 7.07. The molecule has 3 aliphatic rings. The van der Waals surface area contributed by atoms with Crippen molar-refractivity contribution in [3.8, 4) is 0 Å². The Morgan fingerprint density at radius 2 is 1.94 bits per heavy atom. The number of hydrogen-bond donors (Lipinski definition) is 1. The summed E-state index contributed by atoms with van der Waals surface area (Å²) in [5.74, 6) is -1.13. The zero-order valence-electron chi connectivity index (χ0n) is 18.3. The maximum atomic E-state index is 12.8. The zero-order chi connectivity index (χ0) is 23.4. The maximum absolute atomic E-state index is 12.8. The van der Waals surface area contributed by atoms with E-state index in [4.69, 9.17) is 14.6 Å². The SMILES string of the molecule is COCC1CN(C(=O)c2ccsc2)CC12CCN(CC1CCC1)CC2.O=C(O)C(F)(F)F. The van der Waals surface area contributed by atoms with E-state index in [0.29, 0.717) is 5.92 Å².